The van der Waals surface area contributed by atoms with Crippen molar-refractivity contribution in [1.82, 2.24) is 0 Å². The third kappa shape index (κ3) is 3.65. The van der Waals surface area contributed by atoms with Gasteiger partial charge in [0.05, 0.1) is 0 Å². The van der Waals surface area contributed by atoms with Gasteiger partial charge in [0, 0.05) is 24.8 Å². The molecule has 4 nitrogen and oxygen atoms in total. The number of amidine groups is 1. The summed E-state index contributed by atoms with van der Waals surface area (Å²) in [6, 6.07) is 5.97. The van der Waals surface area contributed by atoms with Crippen molar-refractivity contribution in [3.63, 3.8) is 0 Å². The maximum absolute atomic E-state index is 8.86. The molecule has 0 aromatic heterocycles. The Balaban J connectivity index is 3.16. The first-order valence-corrected chi connectivity index (χ1v) is 6.04. The largest absolute Gasteiger partial charge is 0.409 e. The summed E-state index contributed by atoms with van der Waals surface area (Å²) in [5.74, 6) is 0.148. The first-order chi connectivity index (χ1) is 8.24. The van der Waals surface area contributed by atoms with E-state index < -0.39 is 0 Å². The number of hydrogen-bond acceptors (Lipinski definition) is 3. The normalized spacial score (nSPS) is 12.6. The number of rotatable bonds is 3. The number of anilines is 1. The quantitative estimate of drug-likeness (QED) is 0.374. The Labute approximate surface area is 109 Å². The summed E-state index contributed by atoms with van der Waals surface area (Å²) >= 11 is 0. The topological polar surface area (TPSA) is 61.8 Å². The molecule has 18 heavy (non-hydrogen) atoms. The van der Waals surface area contributed by atoms with Gasteiger partial charge in [0.2, 0.25) is 0 Å². The zero-order valence-electron chi connectivity index (χ0n) is 11.9. The molecular weight excluding hydrogens is 226 g/mol. The molecular formula is C14H23N3O. The zero-order valence-corrected chi connectivity index (χ0v) is 11.9. The van der Waals surface area contributed by atoms with E-state index in [4.69, 9.17) is 10.9 Å². The average molecular weight is 249 g/mol. The fraction of sp³-hybridized carbons (Fsp3) is 0.500. The molecule has 0 aliphatic rings. The number of hydrogen-bond donors (Lipinski definition) is 2. The van der Waals surface area contributed by atoms with Gasteiger partial charge in [-0.05, 0) is 24.5 Å². The fourth-order valence-corrected chi connectivity index (χ4v) is 2.04. The third-order valence-electron chi connectivity index (χ3n) is 2.66. The summed E-state index contributed by atoms with van der Waals surface area (Å²) in [5.41, 5.74) is 8.75. The second kappa shape index (κ2) is 5.29. The Kier molecular flexibility index (Phi) is 4.22. The standard InChI is InChI=1S/C14H23N3O/c1-10-6-7-12(11(8-10)13(15)16-18)17(5)9-14(2,3)4/h6-8,18H,9H2,1-5H3,(H2,15,16). The summed E-state index contributed by atoms with van der Waals surface area (Å²) in [4.78, 5) is 2.13. The predicted molar refractivity (Wildman–Crippen MR) is 76.4 cm³/mol. The second-order valence-corrected chi connectivity index (χ2v) is 5.92. The number of benzene rings is 1. The van der Waals surface area contributed by atoms with Crippen molar-refractivity contribution in [1.29, 1.82) is 0 Å². The van der Waals surface area contributed by atoms with Crippen LogP contribution in [0.5, 0.6) is 0 Å². The average Bonchev–Trinajstić information content (AvgIpc) is 2.25. The Hall–Kier alpha value is -1.71. The summed E-state index contributed by atoms with van der Waals surface area (Å²) in [7, 11) is 2.02. The number of nitrogens with two attached hydrogens (primary N) is 1. The minimum Gasteiger partial charge on any atom is -0.409 e. The van der Waals surface area contributed by atoms with Gasteiger partial charge in [-0.1, -0.05) is 37.6 Å². The maximum Gasteiger partial charge on any atom is 0.172 e. The van der Waals surface area contributed by atoms with E-state index in [2.05, 4.69) is 30.8 Å². The third-order valence-corrected chi connectivity index (χ3v) is 2.66. The summed E-state index contributed by atoms with van der Waals surface area (Å²) < 4.78 is 0. The molecule has 3 N–H and O–H groups in total. The van der Waals surface area contributed by atoms with Gasteiger partial charge in [0.15, 0.2) is 5.84 Å². The summed E-state index contributed by atoms with van der Waals surface area (Å²) in [6.45, 7) is 9.42. The summed E-state index contributed by atoms with van der Waals surface area (Å²) in [6.07, 6.45) is 0. The van der Waals surface area contributed by atoms with Crippen LogP contribution in [-0.2, 0) is 0 Å². The monoisotopic (exact) mass is 249 g/mol. The zero-order chi connectivity index (χ0) is 13.9. The first-order valence-electron chi connectivity index (χ1n) is 6.04. The lowest BCUT2D eigenvalue weighted by Gasteiger charge is -2.29. The Morgan fingerprint density at radius 1 is 1.39 bits per heavy atom. The lowest BCUT2D eigenvalue weighted by Crippen LogP contribution is -2.31. The van der Waals surface area contributed by atoms with E-state index in [1.807, 2.05) is 32.2 Å². The highest BCUT2D eigenvalue weighted by atomic mass is 16.4. The molecule has 1 rings (SSSR count). The van der Waals surface area contributed by atoms with E-state index >= 15 is 0 Å². The first kappa shape index (κ1) is 14.4. The maximum atomic E-state index is 8.86. The Bertz CT molecular complexity index is 447. The smallest absolute Gasteiger partial charge is 0.172 e. The molecule has 1 aromatic rings. The predicted octanol–water partition coefficient (Wildman–Crippen LogP) is 2.57. The lowest BCUT2D eigenvalue weighted by molar-refractivity contribution is 0.318. The SMILES string of the molecule is Cc1ccc(N(C)CC(C)(C)C)c(/C(N)=N/O)c1. The van der Waals surface area contributed by atoms with Gasteiger partial charge >= 0.3 is 0 Å². The minimum absolute atomic E-state index is 0.148. The molecule has 0 heterocycles. The Morgan fingerprint density at radius 3 is 2.50 bits per heavy atom. The molecule has 0 aliphatic carbocycles. The van der Waals surface area contributed by atoms with Crippen molar-refractivity contribution in [3.05, 3.63) is 29.3 Å². The minimum atomic E-state index is 0.148. The molecule has 0 saturated heterocycles. The van der Waals surface area contributed by atoms with Crippen LogP contribution in [-0.4, -0.2) is 24.6 Å². The van der Waals surface area contributed by atoms with E-state index in [0.717, 1.165) is 23.4 Å². The van der Waals surface area contributed by atoms with Gasteiger partial charge in [-0.15, -0.1) is 0 Å². The van der Waals surface area contributed by atoms with Crippen molar-refractivity contribution in [2.45, 2.75) is 27.7 Å². The van der Waals surface area contributed by atoms with Crippen molar-refractivity contribution in [2.75, 3.05) is 18.5 Å². The highest BCUT2D eigenvalue weighted by Crippen LogP contribution is 2.24. The van der Waals surface area contributed by atoms with Crippen LogP contribution in [0.2, 0.25) is 0 Å². The highest BCUT2D eigenvalue weighted by Gasteiger charge is 2.17. The Morgan fingerprint density at radius 2 is 2.00 bits per heavy atom. The van der Waals surface area contributed by atoms with Gasteiger partial charge in [0.25, 0.3) is 0 Å². The fourth-order valence-electron chi connectivity index (χ4n) is 2.04. The number of oxime groups is 1. The van der Waals surface area contributed by atoms with Crippen LogP contribution in [0.1, 0.15) is 31.9 Å². The molecule has 1 aromatic carbocycles. The summed E-state index contributed by atoms with van der Waals surface area (Å²) in [5, 5.41) is 12.0. The van der Waals surface area contributed by atoms with Crippen LogP contribution < -0.4 is 10.6 Å². The molecule has 4 heteroatoms. The van der Waals surface area contributed by atoms with Gasteiger partial charge < -0.3 is 15.8 Å². The van der Waals surface area contributed by atoms with Crippen LogP contribution in [0, 0.1) is 12.3 Å². The molecule has 0 aliphatic heterocycles. The van der Waals surface area contributed by atoms with Gasteiger partial charge in [-0.3, -0.25) is 0 Å². The molecule has 0 amide bonds. The van der Waals surface area contributed by atoms with Gasteiger partial charge in [-0.25, -0.2) is 0 Å². The van der Waals surface area contributed by atoms with E-state index in [0.29, 0.717) is 0 Å². The molecule has 0 atom stereocenters. The van der Waals surface area contributed by atoms with Crippen LogP contribution >= 0.6 is 0 Å². The molecule has 0 unspecified atom stereocenters. The molecule has 0 spiro atoms. The molecule has 0 bridgehead atoms. The van der Waals surface area contributed by atoms with Crippen LogP contribution in [0.15, 0.2) is 23.4 Å². The second-order valence-electron chi connectivity index (χ2n) is 5.92. The lowest BCUT2D eigenvalue weighted by atomic mass is 9.95. The van der Waals surface area contributed by atoms with Crippen LogP contribution in [0.3, 0.4) is 0 Å². The van der Waals surface area contributed by atoms with Crippen LogP contribution in [0.25, 0.3) is 0 Å². The van der Waals surface area contributed by atoms with Crippen LogP contribution in [0.4, 0.5) is 5.69 Å². The number of nitrogens with zero attached hydrogens (tertiary/aromatic N) is 2. The van der Waals surface area contributed by atoms with Crippen molar-refractivity contribution < 1.29 is 5.21 Å². The van der Waals surface area contributed by atoms with Crippen molar-refractivity contribution in [3.8, 4) is 0 Å². The van der Waals surface area contributed by atoms with E-state index in [1.165, 1.54) is 0 Å². The van der Waals surface area contributed by atoms with Crippen molar-refractivity contribution >= 4 is 11.5 Å². The highest BCUT2D eigenvalue weighted by molar-refractivity contribution is 6.02. The molecule has 100 valence electrons. The molecule has 0 fully saturated rings. The number of aryl methyl sites for hydroxylation is 1. The van der Waals surface area contributed by atoms with E-state index in [9.17, 15) is 0 Å². The van der Waals surface area contributed by atoms with Crippen molar-refractivity contribution in [2.24, 2.45) is 16.3 Å². The van der Waals surface area contributed by atoms with Gasteiger partial charge in [-0.2, -0.15) is 0 Å². The van der Waals surface area contributed by atoms with Gasteiger partial charge in [0.1, 0.15) is 0 Å². The van der Waals surface area contributed by atoms with E-state index in [-0.39, 0.29) is 11.3 Å². The van der Waals surface area contributed by atoms with E-state index in [1.54, 1.807) is 0 Å². The molecule has 0 radical (unpaired) electrons. The molecule has 0 saturated carbocycles.